The lowest BCUT2D eigenvalue weighted by Crippen LogP contribution is -2.31. The summed E-state index contributed by atoms with van der Waals surface area (Å²) < 4.78 is 10.8. The molecule has 0 atom stereocenters. The zero-order valence-corrected chi connectivity index (χ0v) is 19.1. The third-order valence-corrected chi connectivity index (χ3v) is 5.70. The first-order valence-electron chi connectivity index (χ1n) is 10.1. The highest BCUT2D eigenvalue weighted by molar-refractivity contribution is 7.16. The molecule has 0 aliphatic heterocycles. The molecule has 0 aliphatic rings. The second-order valence-electron chi connectivity index (χ2n) is 6.79. The van der Waals surface area contributed by atoms with Crippen LogP contribution >= 0.6 is 11.3 Å². The van der Waals surface area contributed by atoms with E-state index in [9.17, 15) is 10.5 Å². The number of rotatable bonds is 13. The Balaban J connectivity index is 2.17. The van der Waals surface area contributed by atoms with Crippen molar-refractivity contribution in [3.05, 3.63) is 39.8 Å². The SMILES string of the molecule is Cc1cc(N(CCOCCO)CCOCCO)ccc1N=Nc1sc(C#N)c(C)c1C#N. The molecule has 0 saturated heterocycles. The first-order valence-corrected chi connectivity index (χ1v) is 11.0. The molecule has 1 aromatic heterocycles. The van der Waals surface area contributed by atoms with E-state index in [4.69, 9.17) is 19.7 Å². The van der Waals surface area contributed by atoms with Crippen LogP contribution in [0.4, 0.5) is 16.4 Å². The van der Waals surface area contributed by atoms with Gasteiger partial charge in [0.05, 0.1) is 50.9 Å². The number of ether oxygens (including phenoxy) is 2. The van der Waals surface area contributed by atoms with E-state index in [1.54, 1.807) is 6.92 Å². The van der Waals surface area contributed by atoms with Crippen LogP contribution in [0.3, 0.4) is 0 Å². The standard InChI is InChI=1S/C22H27N5O4S/c1-16-13-18(27(5-9-30-11-7-28)6-10-31-12-8-29)3-4-20(16)25-26-22-19(14-23)17(2)21(15-24)32-22/h3-4,13,28-29H,5-12H2,1-2H3. The van der Waals surface area contributed by atoms with Gasteiger partial charge in [-0.1, -0.05) is 0 Å². The fraction of sp³-hybridized carbons (Fsp3) is 0.455. The number of aliphatic hydroxyl groups excluding tert-OH is 2. The van der Waals surface area contributed by atoms with Gasteiger partial charge in [0.25, 0.3) is 0 Å². The van der Waals surface area contributed by atoms with Gasteiger partial charge in [-0.25, -0.2) is 0 Å². The second kappa shape index (κ2) is 13.5. The van der Waals surface area contributed by atoms with Crippen molar-refractivity contribution >= 4 is 27.7 Å². The molecule has 0 bridgehead atoms. The summed E-state index contributed by atoms with van der Waals surface area (Å²) >= 11 is 1.15. The lowest BCUT2D eigenvalue weighted by Gasteiger charge is -2.25. The number of aryl methyl sites for hydroxylation is 1. The van der Waals surface area contributed by atoms with Gasteiger partial charge in [0.2, 0.25) is 0 Å². The highest BCUT2D eigenvalue weighted by Gasteiger charge is 2.15. The van der Waals surface area contributed by atoms with Gasteiger partial charge in [0.15, 0.2) is 5.00 Å². The van der Waals surface area contributed by atoms with Crippen LogP contribution in [0.1, 0.15) is 21.6 Å². The second-order valence-corrected chi connectivity index (χ2v) is 7.79. The van der Waals surface area contributed by atoms with E-state index < -0.39 is 0 Å². The molecule has 10 heteroatoms. The first-order chi connectivity index (χ1) is 15.5. The molecule has 0 fully saturated rings. The van der Waals surface area contributed by atoms with Crippen LogP contribution in [0.15, 0.2) is 28.4 Å². The summed E-state index contributed by atoms with van der Waals surface area (Å²) in [5.41, 5.74) is 3.52. The summed E-state index contributed by atoms with van der Waals surface area (Å²) in [6.45, 7) is 6.31. The van der Waals surface area contributed by atoms with Crippen molar-refractivity contribution < 1.29 is 19.7 Å². The minimum Gasteiger partial charge on any atom is -0.394 e. The number of thiophene rings is 1. The zero-order chi connectivity index (χ0) is 23.3. The highest BCUT2D eigenvalue weighted by atomic mass is 32.1. The number of hydrogen-bond acceptors (Lipinski definition) is 10. The van der Waals surface area contributed by atoms with Crippen molar-refractivity contribution in [1.29, 1.82) is 10.5 Å². The van der Waals surface area contributed by atoms with E-state index in [1.165, 1.54) is 0 Å². The number of benzene rings is 1. The quantitative estimate of drug-likeness (QED) is 0.348. The Morgan fingerprint density at radius 1 is 0.969 bits per heavy atom. The number of hydrogen-bond donors (Lipinski definition) is 2. The number of nitriles is 2. The Morgan fingerprint density at radius 3 is 2.16 bits per heavy atom. The van der Waals surface area contributed by atoms with Crippen LogP contribution in [-0.2, 0) is 9.47 Å². The highest BCUT2D eigenvalue weighted by Crippen LogP contribution is 2.36. The van der Waals surface area contributed by atoms with Gasteiger partial charge in [-0.3, -0.25) is 0 Å². The molecule has 170 valence electrons. The lowest BCUT2D eigenvalue weighted by molar-refractivity contribution is 0.0884. The minimum absolute atomic E-state index is 0.0223. The van der Waals surface area contributed by atoms with Crippen LogP contribution < -0.4 is 4.90 Å². The maximum atomic E-state index is 9.36. The van der Waals surface area contributed by atoms with Crippen LogP contribution in [-0.4, -0.2) is 62.9 Å². The first kappa shape index (κ1) is 25.4. The third kappa shape index (κ3) is 7.09. The molecular weight excluding hydrogens is 430 g/mol. The molecule has 0 saturated carbocycles. The van der Waals surface area contributed by atoms with Crippen LogP contribution in [0.2, 0.25) is 0 Å². The predicted octanol–water partition coefficient (Wildman–Crippen LogP) is 3.35. The number of azo groups is 1. The van der Waals surface area contributed by atoms with Crippen LogP contribution in [0.5, 0.6) is 0 Å². The third-order valence-electron chi connectivity index (χ3n) is 4.62. The largest absolute Gasteiger partial charge is 0.394 e. The van der Waals surface area contributed by atoms with E-state index in [2.05, 4.69) is 27.3 Å². The Morgan fingerprint density at radius 2 is 1.62 bits per heavy atom. The summed E-state index contributed by atoms with van der Waals surface area (Å²) in [6.07, 6.45) is 0. The maximum absolute atomic E-state index is 9.36. The van der Waals surface area contributed by atoms with Gasteiger partial charge < -0.3 is 24.6 Å². The summed E-state index contributed by atoms with van der Waals surface area (Å²) in [5, 5.41) is 45.2. The molecule has 2 rings (SSSR count). The van der Waals surface area contributed by atoms with Crippen molar-refractivity contribution in [2.24, 2.45) is 10.2 Å². The smallest absolute Gasteiger partial charge is 0.158 e. The zero-order valence-electron chi connectivity index (χ0n) is 18.2. The van der Waals surface area contributed by atoms with E-state index in [0.717, 1.165) is 22.6 Å². The fourth-order valence-electron chi connectivity index (χ4n) is 2.91. The topological polar surface area (TPSA) is 134 Å². The molecule has 0 radical (unpaired) electrons. The Hall–Kier alpha value is -2.86. The Kier molecular flexibility index (Phi) is 10.7. The summed E-state index contributed by atoms with van der Waals surface area (Å²) in [5.74, 6) is 0. The molecule has 0 spiro atoms. The Labute approximate surface area is 191 Å². The van der Waals surface area contributed by atoms with Crippen molar-refractivity contribution in [3.63, 3.8) is 0 Å². The summed E-state index contributed by atoms with van der Waals surface area (Å²) in [7, 11) is 0. The van der Waals surface area contributed by atoms with Gasteiger partial charge in [-0.05, 0) is 43.2 Å². The average Bonchev–Trinajstić information content (AvgIpc) is 3.11. The van der Waals surface area contributed by atoms with Gasteiger partial charge in [-0.2, -0.15) is 10.5 Å². The van der Waals surface area contributed by atoms with Crippen LogP contribution in [0.25, 0.3) is 0 Å². The monoisotopic (exact) mass is 457 g/mol. The maximum Gasteiger partial charge on any atom is 0.158 e. The number of anilines is 1. The van der Waals surface area contributed by atoms with Gasteiger partial charge in [0, 0.05) is 18.8 Å². The van der Waals surface area contributed by atoms with E-state index in [1.807, 2.05) is 25.1 Å². The van der Waals surface area contributed by atoms with Crippen molar-refractivity contribution in [2.75, 3.05) is 57.6 Å². The van der Waals surface area contributed by atoms with Gasteiger partial charge in [-0.15, -0.1) is 21.6 Å². The van der Waals surface area contributed by atoms with E-state index in [0.29, 0.717) is 53.0 Å². The number of aliphatic hydroxyl groups is 2. The molecule has 2 aromatic rings. The molecule has 0 amide bonds. The predicted molar refractivity (Wildman–Crippen MR) is 122 cm³/mol. The summed E-state index contributed by atoms with van der Waals surface area (Å²) in [6, 6.07) is 9.93. The van der Waals surface area contributed by atoms with Crippen LogP contribution in [0, 0.1) is 36.5 Å². The van der Waals surface area contributed by atoms with Crippen molar-refractivity contribution in [2.45, 2.75) is 13.8 Å². The van der Waals surface area contributed by atoms with E-state index >= 15 is 0 Å². The fourth-order valence-corrected chi connectivity index (χ4v) is 3.78. The van der Waals surface area contributed by atoms with Crippen molar-refractivity contribution in [1.82, 2.24) is 0 Å². The normalized spacial score (nSPS) is 10.9. The molecule has 32 heavy (non-hydrogen) atoms. The molecule has 0 aliphatic carbocycles. The van der Waals surface area contributed by atoms with Crippen molar-refractivity contribution in [3.8, 4) is 12.1 Å². The number of nitrogens with zero attached hydrogens (tertiary/aromatic N) is 5. The molecule has 9 nitrogen and oxygen atoms in total. The van der Waals surface area contributed by atoms with Gasteiger partial charge in [0.1, 0.15) is 17.0 Å². The minimum atomic E-state index is -0.0223. The molecule has 2 N–H and O–H groups in total. The Bertz CT molecular complexity index is 981. The van der Waals surface area contributed by atoms with E-state index in [-0.39, 0.29) is 26.4 Å². The molecule has 1 heterocycles. The van der Waals surface area contributed by atoms with Gasteiger partial charge >= 0.3 is 0 Å². The molecule has 0 unspecified atom stereocenters. The molecular formula is C22H27N5O4S. The lowest BCUT2D eigenvalue weighted by atomic mass is 10.1. The molecule has 1 aromatic carbocycles. The summed E-state index contributed by atoms with van der Waals surface area (Å²) in [4.78, 5) is 2.56. The average molecular weight is 458 g/mol.